The van der Waals surface area contributed by atoms with Crippen LogP contribution in [0.25, 0.3) is 0 Å². The summed E-state index contributed by atoms with van der Waals surface area (Å²) in [5.41, 5.74) is 0. The molecule has 0 aromatic heterocycles. The first-order chi connectivity index (χ1) is 7.56. The topological polar surface area (TPSA) is 46.5 Å². The SMILES string of the molecule is CCCCC(C(C)CC)C(CC(=O)O)OC. The highest BCUT2D eigenvalue weighted by Crippen LogP contribution is 2.28. The number of carbonyl (C=O) groups is 1. The largest absolute Gasteiger partial charge is 0.481 e. The van der Waals surface area contributed by atoms with Crippen LogP contribution in [-0.2, 0) is 9.53 Å². The molecule has 0 aromatic carbocycles. The highest BCUT2D eigenvalue weighted by atomic mass is 16.5. The number of unbranched alkanes of at least 4 members (excludes halogenated alkanes) is 1. The lowest BCUT2D eigenvalue weighted by Crippen LogP contribution is -2.30. The molecule has 0 spiro atoms. The maximum atomic E-state index is 10.8. The van der Waals surface area contributed by atoms with Gasteiger partial charge < -0.3 is 9.84 Å². The van der Waals surface area contributed by atoms with Gasteiger partial charge in [0, 0.05) is 7.11 Å². The Labute approximate surface area is 99.2 Å². The van der Waals surface area contributed by atoms with Gasteiger partial charge in [-0.25, -0.2) is 0 Å². The van der Waals surface area contributed by atoms with Crippen molar-refractivity contribution < 1.29 is 14.6 Å². The lowest BCUT2D eigenvalue weighted by molar-refractivity contribution is -0.141. The molecule has 3 heteroatoms. The molecule has 0 rings (SSSR count). The van der Waals surface area contributed by atoms with Crippen LogP contribution in [0.2, 0.25) is 0 Å². The van der Waals surface area contributed by atoms with E-state index in [0.717, 1.165) is 25.7 Å². The summed E-state index contributed by atoms with van der Waals surface area (Å²) in [6.07, 6.45) is 4.42. The monoisotopic (exact) mass is 230 g/mol. The van der Waals surface area contributed by atoms with Gasteiger partial charge in [-0.3, -0.25) is 4.79 Å². The Morgan fingerprint density at radius 1 is 1.38 bits per heavy atom. The normalized spacial score (nSPS) is 16.8. The lowest BCUT2D eigenvalue weighted by atomic mass is 9.82. The third-order valence-corrected chi connectivity index (χ3v) is 3.42. The van der Waals surface area contributed by atoms with E-state index in [1.54, 1.807) is 7.11 Å². The minimum atomic E-state index is -0.767. The van der Waals surface area contributed by atoms with E-state index < -0.39 is 5.97 Å². The molecule has 1 N–H and O–H groups in total. The van der Waals surface area contributed by atoms with Gasteiger partial charge in [-0.1, -0.05) is 40.0 Å². The van der Waals surface area contributed by atoms with Gasteiger partial charge in [-0.05, 0) is 18.3 Å². The van der Waals surface area contributed by atoms with Gasteiger partial charge in [-0.15, -0.1) is 0 Å². The second-order valence-electron chi connectivity index (χ2n) is 4.56. The number of rotatable bonds is 9. The molecule has 0 aliphatic heterocycles. The Morgan fingerprint density at radius 2 is 2.00 bits per heavy atom. The van der Waals surface area contributed by atoms with Crippen LogP contribution in [-0.4, -0.2) is 24.3 Å². The predicted octanol–water partition coefficient (Wildman–Crippen LogP) is 3.33. The van der Waals surface area contributed by atoms with Crippen molar-refractivity contribution in [1.82, 2.24) is 0 Å². The van der Waals surface area contributed by atoms with Crippen LogP contribution in [0, 0.1) is 11.8 Å². The first-order valence-corrected chi connectivity index (χ1v) is 6.31. The summed E-state index contributed by atoms with van der Waals surface area (Å²) < 4.78 is 5.36. The Balaban J connectivity index is 4.47. The zero-order chi connectivity index (χ0) is 12.6. The van der Waals surface area contributed by atoms with Gasteiger partial charge in [0.15, 0.2) is 0 Å². The first kappa shape index (κ1) is 15.4. The molecule has 3 nitrogen and oxygen atoms in total. The first-order valence-electron chi connectivity index (χ1n) is 6.31. The van der Waals surface area contributed by atoms with E-state index in [2.05, 4.69) is 20.8 Å². The third-order valence-electron chi connectivity index (χ3n) is 3.42. The smallest absolute Gasteiger partial charge is 0.305 e. The highest BCUT2D eigenvalue weighted by Gasteiger charge is 2.27. The maximum absolute atomic E-state index is 10.8. The van der Waals surface area contributed by atoms with E-state index in [0.29, 0.717) is 11.8 Å². The van der Waals surface area contributed by atoms with Crippen LogP contribution >= 0.6 is 0 Å². The molecule has 0 fully saturated rings. The van der Waals surface area contributed by atoms with E-state index in [4.69, 9.17) is 9.84 Å². The van der Waals surface area contributed by atoms with Crippen molar-refractivity contribution >= 4 is 5.97 Å². The number of methoxy groups -OCH3 is 1. The molecule has 0 amide bonds. The second kappa shape index (κ2) is 8.57. The van der Waals surface area contributed by atoms with Gasteiger partial charge in [0.05, 0.1) is 12.5 Å². The summed E-state index contributed by atoms with van der Waals surface area (Å²) in [6.45, 7) is 6.50. The molecule has 16 heavy (non-hydrogen) atoms. The molecule has 0 aliphatic rings. The fraction of sp³-hybridized carbons (Fsp3) is 0.923. The quantitative estimate of drug-likeness (QED) is 0.661. The summed E-state index contributed by atoms with van der Waals surface area (Å²) >= 11 is 0. The van der Waals surface area contributed by atoms with Crippen molar-refractivity contribution in [3.05, 3.63) is 0 Å². The van der Waals surface area contributed by atoms with E-state index >= 15 is 0 Å². The molecular formula is C13H26O3. The Morgan fingerprint density at radius 3 is 2.38 bits per heavy atom. The van der Waals surface area contributed by atoms with Crippen molar-refractivity contribution in [2.24, 2.45) is 11.8 Å². The summed E-state index contributed by atoms with van der Waals surface area (Å²) in [5, 5.41) is 8.86. The van der Waals surface area contributed by atoms with Crippen molar-refractivity contribution in [1.29, 1.82) is 0 Å². The summed E-state index contributed by atoms with van der Waals surface area (Å²) in [6, 6.07) is 0. The molecule has 3 atom stereocenters. The summed E-state index contributed by atoms with van der Waals surface area (Å²) in [7, 11) is 1.62. The Kier molecular flexibility index (Phi) is 8.26. The molecule has 0 saturated heterocycles. The molecule has 3 unspecified atom stereocenters. The van der Waals surface area contributed by atoms with E-state index in [1.165, 1.54) is 0 Å². The van der Waals surface area contributed by atoms with Crippen molar-refractivity contribution in [3.8, 4) is 0 Å². The molecule has 0 aliphatic carbocycles. The van der Waals surface area contributed by atoms with Gasteiger partial charge in [0.1, 0.15) is 0 Å². The van der Waals surface area contributed by atoms with E-state index in [-0.39, 0.29) is 12.5 Å². The minimum absolute atomic E-state index is 0.120. The average Bonchev–Trinajstić information content (AvgIpc) is 2.26. The molecule has 0 radical (unpaired) electrons. The van der Waals surface area contributed by atoms with Crippen molar-refractivity contribution in [3.63, 3.8) is 0 Å². The molecule has 0 heterocycles. The second-order valence-corrected chi connectivity index (χ2v) is 4.56. The fourth-order valence-corrected chi connectivity index (χ4v) is 2.16. The molecule has 0 saturated carbocycles. The van der Waals surface area contributed by atoms with E-state index in [9.17, 15) is 4.79 Å². The van der Waals surface area contributed by atoms with Crippen molar-refractivity contribution in [2.75, 3.05) is 7.11 Å². The minimum Gasteiger partial charge on any atom is -0.481 e. The Bertz CT molecular complexity index is 192. The molecule has 0 aromatic rings. The summed E-state index contributed by atoms with van der Waals surface area (Å²) in [4.78, 5) is 10.8. The van der Waals surface area contributed by atoms with Gasteiger partial charge >= 0.3 is 5.97 Å². The van der Waals surface area contributed by atoms with Crippen molar-refractivity contribution in [2.45, 2.75) is 59.0 Å². The van der Waals surface area contributed by atoms with Crippen LogP contribution in [0.15, 0.2) is 0 Å². The van der Waals surface area contributed by atoms with Gasteiger partial charge in [0.25, 0.3) is 0 Å². The number of ether oxygens (including phenoxy) is 1. The highest BCUT2D eigenvalue weighted by molar-refractivity contribution is 5.67. The fourth-order valence-electron chi connectivity index (χ4n) is 2.16. The molecular weight excluding hydrogens is 204 g/mol. The predicted molar refractivity (Wildman–Crippen MR) is 65.5 cm³/mol. The number of hydrogen-bond donors (Lipinski definition) is 1. The maximum Gasteiger partial charge on any atom is 0.305 e. The van der Waals surface area contributed by atoms with Gasteiger partial charge in [-0.2, -0.15) is 0 Å². The number of carboxylic acids is 1. The molecule has 96 valence electrons. The Hall–Kier alpha value is -0.570. The zero-order valence-electron chi connectivity index (χ0n) is 11.0. The number of carboxylic acid groups (broad SMARTS) is 1. The van der Waals surface area contributed by atoms with Crippen LogP contribution in [0.1, 0.15) is 52.9 Å². The van der Waals surface area contributed by atoms with E-state index in [1.807, 2.05) is 0 Å². The lowest BCUT2D eigenvalue weighted by Gasteiger charge is -2.29. The van der Waals surface area contributed by atoms with Gasteiger partial charge in [0.2, 0.25) is 0 Å². The van der Waals surface area contributed by atoms with Crippen LogP contribution in [0.4, 0.5) is 0 Å². The standard InChI is InChI=1S/C13H26O3/c1-5-7-8-11(10(3)6-2)12(16-4)9-13(14)15/h10-12H,5-9H2,1-4H3,(H,14,15). The van der Waals surface area contributed by atoms with Crippen LogP contribution in [0.3, 0.4) is 0 Å². The van der Waals surface area contributed by atoms with Crippen LogP contribution < -0.4 is 0 Å². The zero-order valence-corrected chi connectivity index (χ0v) is 11.0. The average molecular weight is 230 g/mol. The molecule has 0 bridgehead atoms. The third kappa shape index (κ3) is 5.50. The number of aliphatic carboxylic acids is 1. The van der Waals surface area contributed by atoms with Crippen LogP contribution in [0.5, 0.6) is 0 Å². The number of hydrogen-bond acceptors (Lipinski definition) is 2. The summed E-state index contributed by atoms with van der Waals surface area (Å²) in [5.74, 6) is 0.124.